The molecule has 1 spiro atoms. The van der Waals surface area contributed by atoms with Crippen LogP contribution in [0, 0.1) is 24.1 Å². The maximum absolute atomic E-state index is 14.2. The Hall–Kier alpha value is -3.41. The normalized spacial score (nSPS) is 18.0. The van der Waals surface area contributed by atoms with Gasteiger partial charge in [-0.25, -0.2) is 9.37 Å². The van der Waals surface area contributed by atoms with Crippen LogP contribution in [0.15, 0.2) is 42.9 Å². The summed E-state index contributed by atoms with van der Waals surface area (Å²) < 4.78 is 54.3. The number of halogens is 4. The highest BCUT2D eigenvalue weighted by Crippen LogP contribution is 2.50. The lowest BCUT2D eigenvalue weighted by atomic mass is 9.75. The number of benzene rings is 1. The van der Waals surface area contributed by atoms with Crippen molar-refractivity contribution < 1.29 is 22.4 Å². The zero-order chi connectivity index (χ0) is 21.8. The van der Waals surface area contributed by atoms with E-state index < -0.39 is 34.7 Å². The zero-order valence-corrected chi connectivity index (χ0v) is 15.9. The van der Waals surface area contributed by atoms with E-state index in [9.17, 15) is 22.4 Å². The summed E-state index contributed by atoms with van der Waals surface area (Å²) in [5.41, 5.74) is -2.34. The minimum absolute atomic E-state index is 0.114. The molecule has 5 nitrogen and oxygen atoms in total. The van der Waals surface area contributed by atoms with Crippen LogP contribution in [0.5, 0.6) is 0 Å². The monoisotopic (exact) mass is 416 g/mol. The number of alkyl halides is 3. The van der Waals surface area contributed by atoms with E-state index in [1.54, 1.807) is 24.0 Å². The molecule has 2 fully saturated rings. The molecule has 1 aliphatic carbocycles. The predicted molar refractivity (Wildman–Crippen MR) is 101 cm³/mol. The number of anilines is 2. The van der Waals surface area contributed by atoms with Crippen molar-refractivity contribution in [2.75, 3.05) is 9.80 Å². The van der Waals surface area contributed by atoms with E-state index in [0.29, 0.717) is 24.1 Å². The first-order valence-electron chi connectivity index (χ1n) is 9.17. The van der Waals surface area contributed by atoms with Crippen LogP contribution in [-0.4, -0.2) is 16.4 Å². The van der Waals surface area contributed by atoms with Crippen LogP contribution in [0.3, 0.4) is 0 Å². The molecular weight excluding hydrogens is 400 g/mol. The number of pyridine rings is 1. The summed E-state index contributed by atoms with van der Waals surface area (Å²) in [7, 11) is 0. The fraction of sp³-hybridized carbons (Fsp3) is 0.286. The summed E-state index contributed by atoms with van der Waals surface area (Å²) in [6.07, 6.45) is -2.09. The molecule has 0 radical (unpaired) electrons. The van der Waals surface area contributed by atoms with Gasteiger partial charge in [-0.3, -0.25) is 9.69 Å². The highest BCUT2D eigenvalue weighted by Gasteiger charge is 2.59. The molecule has 0 unspecified atom stereocenters. The first-order chi connectivity index (χ1) is 14.1. The Balaban J connectivity index is 1.83. The van der Waals surface area contributed by atoms with Crippen LogP contribution >= 0.6 is 0 Å². The van der Waals surface area contributed by atoms with Crippen molar-refractivity contribution in [3.63, 3.8) is 0 Å². The van der Waals surface area contributed by atoms with Gasteiger partial charge in [0.25, 0.3) is 5.91 Å². The van der Waals surface area contributed by atoms with E-state index in [1.165, 1.54) is 12.1 Å². The van der Waals surface area contributed by atoms with Crippen molar-refractivity contribution in [1.82, 2.24) is 4.98 Å². The summed E-state index contributed by atoms with van der Waals surface area (Å²) in [5, 5.41) is 8.96. The van der Waals surface area contributed by atoms with E-state index in [0.717, 1.165) is 23.6 Å². The molecule has 0 bridgehead atoms. The van der Waals surface area contributed by atoms with E-state index in [2.05, 4.69) is 11.6 Å². The van der Waals surface area contributed by atoms with Crippen LogP contribution in [0.2, 0.25) is 0 Å². The van der Waals surface area contributed by atoms with E-state index in [1.807, 2.05) is 0 Å². The Morgan fingerprint density at radius 1 is 1.23 bits per heavy atom. The third-order valence-corrected chi connectivity index (χ3v) is 5.68. The topological polar surface area (TPSA) is 60.2 Å². The quantitative estimate of drug-likeness (QED) is 0.668. The van der Waals surface area contributed by atoms with Crippen LogP contribution in [0.25, 0.3) is 0 Å². The zero-order valence-electron chi connectivity index (χ0n) is 15.9. The van der Waals surface area contributed by atoms with Gasteiger partial charge in [0.15, 0.2) is 5.69 Å². The number of hydrogen-bond donors (Lipinski definition) is 0. The van der Waals surface area contributed by atoms with Gasteiger partial charge in [0, 0.05) is 5.69 Å². The van der Waals surface area contributed by atoms with Gasteiger partial charge in [-0.1, -0.05) is 12.6 Å². The SMILES string of the molecule is C=C1N(c2cnc(C#N)c(C(F)(F)F)c2)C(=O)C2(CCC2)N1c1ccc(C)c(F)c1. The minimum atomic E-state index is -4.81. The molecule has 4 rings (SSSR count). The van der Waals surface area contributed by atoms with Crippen molar-refractivity contribution >= 4 is 17.3 Å². The Morgan fingerprint density at radius 2 is 1.93 bits per heavy atom. The number of nitriles is 1. The molecule has 1 saturated heterocycles. The van der Waals surface area contributed by atoms with Crippen molar-refractivity contribution in [2.45, 2.75) is 37.9 Å². The molecule has 1 amide bonds. The number of rotatable bonds is 2. The Bertz CT molecular complexity index is 1110. The first-order valence-corrected chi connectivity index (χ1v) is 9.17. The third-order valence-electron chi connectivity index (χ3n) is 5.68. The summed E-state index contributed by atoms with van der Waals surface area (Å²) in [6.45, 7) is 5.53. The fourth-order valence-corrected chi connectivity index (χ4v) is 3.98. The number of aryl methyl sites for hydroxylation is 1. The molecule has 0 atom stereocenters. The van der Waals surface area contributed by atoms with E-state index in [-0.39, 0.29) is 11.5 Å². The number of hydrogen-bond acceptors (Lipinski definition) is 4. The Labute approximate surface area is 169 Å². The van der Waals surface area contributed by atoms with Crippen LogP contribution < -0.4 is 9.80 Å². The van der Waals surface area contributed by atoms with Gasteiger partial charge in [0.2, 0.25) is 0 Å². The molecule has 9 heteroatoms. The molecule has 2 aromatic rings. The minimum Gasteiger partial charge on any atom is -0.313 e. The number of nitrogens with zero attached hydrogens (tertiary/aromatic N) is 4. The molecule has 1 aromatic heterocycles. The van der Waals surface area contributed by atoms with Gasteiger partial charge in [-0.2, -0.15) is 18.4 Å². The van der Waals surface area contributed by atoms with Gasteiger partial charge in [-0.05, 0) is 49.9 Å². The Kier molecular flexibility index (Phi) is 4.34. The number of carbonyl (C=O) groups is 1. The largest absolute Gasteiger partial charge is 0.419 e. The number of aromatic nitrogens is 1. The smallest absolute Gasteiger partial charge is 0.313 e. The summed E-state index contributed by atoms with van der Waals surface area (Å²) >= 11 is 0. The van der Waals surface area contributed by atoms with Crippen LogP contribution in [0.1, 0.15) is 36.1 Å². The lowest BCUT2D eigenvalue weighted by Crippen LogP contribution is -2.54. The van der Waals surface area contributed by atoms with Gasteiger partial charge in [-0.15, -0.1) is 0 Å². The van der Waals surface area contributed by atoms with Crippen LogP contribution in [0.4, 0.5) is 28.9 Å². The highest BCUT2D eigenvalue weighted by atomic mass is 19.4. The van der Waals surface area contributed by atoms with Crippen molar-refractivity contribution in [1.29, 1.82) is 5.26 Å². The van der Waals surface area contributed by atoms with Gasteiger partial charge < -0.3 is 4.90 Å². The maximum atomic E-state index is 14.2. The second kappa shape index (κ2) is 6.55. The molecule has 30 heavy (non-hydrogen) atoms. The summed E-state index contributed by atoms with van der Waals surface area (Å²) in [4.78, 5) is 19.6. The van der Waals surface area contributed by atoms with E-state index in [4.69, 9.17) is 5.26 Å². The number of carbonyl (C=O) groups excluding carboxylic acids is 1. The molecule has 2 aliphatic rings. The molecule has 0 N–H and O–H groups in total. The van der Waals surface area contributed by atoms with E-state index >= 15 is 0 Å². The average molecular weight is 416 g/mol. The third kappa shape index (κ3) is 2.75. The first kappa shape index (κ1) is 19.9. The van der Waals surface area contributed by atoms with Crippen molar-refractivity contribution in [3.05, 3.63) is 65.5 Å². The van der Waals surface area contributed by atoms with Crippen molar-refractivity contribution in [3.8, 4) is 6.07 Å². The molecule has 1 aromatic carbocycles. The molecular formula is C21H16F4N4O. The second-order valence-corrected chi connectivity index (χ2v) is 7.41. The standard InChI is InChI=1S/C21H16F4N4O/c1-12-4-5-14(9-17(12)22)29-13(2)28(19(30)20(29)6-3-7-20)15-8-16(21(23,24)25)18(10-26)27-11-15/h4-5,8-9,11H,2-3,6-7H2,1H3. The number of amides is 1. The molecule has 1 aliphatic heterocycles. The van der Waals surface area contributed by atoms with Gasteiger partial charge in [0.1, 0.15) is 23.2 Å². The summed E-state index contributed by atoms with van der Waals surface area (Å²) in [5.74, 6) is -0.790. The predicted octanol–water partition coefficient (Wildman–Crippen LogP) is 4.67. The lowest BCUT2D eigenvalue weighted by Gasteiger charge is -2.43. The van der Waals surface area contributed by atoms with Crippen molar-refractivity contribution in [2.24, 2.45) is 0 Å². The van der Waals surface area contributed by atoms with Crippen LogP contribution in [-0.2, 0) is 11.0 Å². The van der Waals surface area contributed by atoms with Gasteiger partial charge >= 0.3 is 6.18 Å². The molecule has 1 saturated carbocycles. The second-order valence-electron chi connectivity index (χ2n) is 7.41. The Morgan fingerprint density at radius 3 is 2.47 bits per heavy atom. The summed E-state index contributed by atoms with van der Waals surface area (Å²) in [6, 6.07) is 6.65. The lowest BCUT2D eigenvalue weighted by molar-refractivity contribution is -0.138. The molecule has 2 heterocycles. The molecule has 154 valence electrons. The maximum Gasteiger partial charge on any atom is 0.419 e. The van der Waals surface area contributed by atoms with Gasteiger partial charge in [0.05, 0.1) is 17.4 Å². The average Bonchev–Trinajstić information content (AvgIpc) is 2.90. The fourth-order valence-electron chi connectivity index (χ4n) is 3.98. The highest BCUT2D eigenvalue weighted by molar-refractivity contribution is 6.10.